The van der Waals surface area contributed by atoms with Gasteiger partial charge in [-0.2, -0.15) is 5.26 Å². The summed E-state index contributed by atoms with van der Waals surface area (Å²) < 4.78 is 0. The summed E-state index contributed by atoms with van der Waals surface area (Å²) in [6.45, 7) is 2.04. The molecule has 120 valence electrons. The normalized spacial score (nSPS) is 10.5. The van der Waals surface area contributed by atoms with Crippen molar-refractivity contribution in [1.82, 2.24) is 0 Å². The summed E-state index contributed by atoms with van der Waals surface area (Å²) in [4.78, 5) is 14.3. The van der Waals surface area contributed by atoms with E-state index < -0.39 is 0 Å². The van der Waals surface area contributed by atoms with Crippen LogP contribution in [0.4, 0.5) is 5.00 Å². The van der Waals surface area contributed by atoms with Crippen molar-refractivity contribution in [3.63, 3.8) is 0 Å². The molecule has 1 aromatic heterocycles. The Kier molecular flexibility index (Phi) is 5.19. The van der Waals surface area contributed by atoms with E-state index in [1.807, 2.05) is 31.2 Å². The van der Waals surface area contributed by atoms with Crippen molar-refractivity contribution in [2.24, 2.45) is 0 Å². The lowest BCUT2D eigenvalue weighted by Gasteiger charge is -2.05. The third-order valence-corrected chi connectivity index (χ3v) is 5.78. The smallest absolute Gasteiger partial charge is 0.235 e. The summed E-state index contributed by atoms with van der Waals surface area (Å²) >= 11 is 2.97. The number of nitriles is 1. The van der Waals surface area contributed by atoms with Crippen LogP contribution in [0.1, 0.15) is 17.4 Å². The first-order valence-corrected chi connectivity index (χ1v) is 9.44. The summed E-state index contributed by atoms with van der Waals surface area (Å²) in [5, 5.41) is 15.0. The Morgan fingerprint density at radius 3 is 2.75 bits per heavy atom. The minimum absolute atomic E-state index is 0.0887. The highest BCUT2D eigenvalue weighted by atomic mass is 32.2. The van der Waals surface area contributed by atoms with Gasteiger partial charge in [0.1, 0.15) is 11.1 Å². The number of amides is 1. The molecule has 1 N–H and O–H groups in total. The molecule has 1 amide bonds. The lowest BCUT2D eigenvalue weighted by atomic mass is 10.1. The monoisotopic (exact) mass is 352 g/mol. The number of aryl methyl sites for hydroxylation is 1. The number of nitrogens with zero attached hydrogens (tertiary/aromatic N) is 1. The average Bonchev–Trinajstić information content (AvgIpc) is 3.01. The van der Waals surface area contributed by atoms with Crippen molar-refractivity contribution < 1.29 is 4.79 Å². The van der Waals surface area contributed by atoms with Crippen LogP contribution in [-0.2, 0) is 11.2 Å². The van der Waals surface area contributed by atoms with Gasteiger partial charge >= 0.3 is 0 Å². The van der Waals surface area contributed by atoms with Gasteiger partial charge in [0, 0.05) is 9.77 Å². The highest BCUT2D eigenvalue weighted by molar-refractivity contribution is 8.00. The first-order valence-electron chi connectivity index (χ1n) is 7.64. The standard InChI is InChI=1S/C19H16N2OS2/c1-2-16-10-15(11-20)19(24-16)21-18(22)12-23-17-8-7-13-5-3-4-6-14(13)9-17/h3-10H,2,12H2,1H3,(H,21,22). The van der Waals surface area contributed by atoms with Crippen LogP contribution in [0.3, 0.4) is 0 Å². The highest BCUT2D eigenvalue weighted by Gasteiger charge is 2.11. The summed E-state index contributed by atoms with van der Waals surface area (Å²) in [7, 11) is 0. The largest absolute Gasteiger partial charge is 0.316 e. The van der Waals surface area contributed by atoms with Crippen molar-refractivity contribution in [2.75, 3.05) is 11.1 Å². The molecule has 0 aliphatic rings. The number of thioether (sulfide) groups is 1. The summed E-state index contributed by atoms with van der Waals surface area (Å²) in [6, 6.07) is 18.3. The van der Waals surface area contributed by atoms with Gasteiger partial charge in [0.15, 0.2) is 0 Å². The van der Waals surface area contributed by atoms with Crippen molar-refractivity contribution in [1.29, 1.82) is 5.26 Å². The van der Waals surface area contributed by atoms with Gasteiger partial charge in [-0.25, -0.2) is 0 Å². The summed E-state index contributed by atoms with van der Waals surface area (Å²) in [5.74, 6) is 0.233. The first kappa shape index (κ1) is 16.6. The Balaban J connectivity index is 1.64. The van der Waals surface area contributed by atoms with Gasteiger partial charge in [-0.3, -0.25) is 4.79 Å². The molecule has 3 rings (SSSR count). The van der Waals surface area contributed by atoms with Gasteiger partial charge in [0.25, 0.3) is 0 Å². The summed E-state index contributed by atoms with van der Waals surface area (Å²) in [6.07, 6.45) is 0.862. The molecule has 0 unspecified atom stereocenters. The molecule has 0 spiro atoms. The van der Waals surface area contributed by atoms with Crippen LogP contribution in [0.15, 0.2) is 53.4 Å². The second-order valence-electron chi connectivity index (χ2n) is 5.27. The Morgan fingerprint density at radius 1 is 1.21 bits per heavy atom. The summed E-state index contributed by atoms with van der Waals surface area (Å²) in [5.41, 5.74) is 0.543. The molecule has 0 atom stereocenters. The van der Waals surface area contributed by atoms with E-state index in [0.29, 0.717) is 16.3 Å². The van der Waals surface area contributed by atoms with Crippen LogP contribution in [0.5, 0.6) is 0 Å². The van der Waals surface area contributed by atoms with Gasteiger partial charge < -0.3 is 5.32 Å². The topological polar surface area (TPSA) is 52.9 Å². The lowest BCUT2D eigenvalue weighted by molar-refractivity contribution is -0.113. The molecule has 0 fully saturated rings. The van der Waals surface area contributed by atoms with E-state index in [1.54, 1.807) is 0 Å². The number of nitrogens with one attached hydrogen (secondary N) is 1. The molecule has 0 radical (unpaired) electrons. The number of rotatable bonds is 5. The van der Waals surface area contributed by atoms with E-state index in [2.05, 4.69) is 35.7 Å². The third kappa shape index (κ3) is 3.78. The Bertz CT molecular complexity index is 925. The van der Waals surface area contributed by atoms with Crippen LogP contribution in [0.25, 0.3) is 10.8 Å². The minimum Gasteiger partial charge on any atom is -0.316 e. The maximum Gasteiger partial charge on any atom is 0.235 e. The maximum absolute atomic E-state index is 12.2. The predicted molar refractivity (Wildman–Crippen MR) is 102 cm³/mol. The lowest BCUT2D eigenvalue weighted by Crippen LogP contribution is -2.13. The van der Waals surface area contributed by atoms with E-state index in [4.69, 9.17) is 5.26 Å². The van der Waals surface area contributed by atoms with Gasteiger partial charge in [0.2, 0.25) is 5.91 Å². The van der Waals surface area contributed by atoms with Crippen molar-refractivity contribution >= 4 is 44.8 Å². The number of fused-ring (bicyclic) bond motifs is 1. The Labute approximate surface area is 149 Å². The molecule has 5 heteroatoms. The van der Waals surface area contributed by atoms with Gasteiger partial charge in [0.05, 0.1) is 11.3 Å². The number of carbonyl (C=O) groups is 1. The zero-order valence-electron chi connectivity index (χ0n) is 13.2. The van der Waals surface area contributed by atoms with Crippen molar-refractivity contribution in [3.8, 4) is 6.07 Å². The zero-order chi connectivity index (χ0) is 16.9. The number of carbonyl (C=O) groups excluding carboxylic acids is 1. The number of hydrogen-bond donors (Lipinski definition) is 1. The molecule has 0 saturated carbocycles. The van der Waals surface area contributed by atoms with Crippen LogP contribution in [0.2, 0.25) is 0 Å². The highest BCUT2D eigenvalue weighted by Crippen LogP contribution is 2.29. The second kappa shape index (κ2) is 7.52. The van der Waals surface area contributed by atoms with E-state index in [0.717, 1.165) is 16.2 Å². The quantitative estimate of drug-likeness (QED) is 0.653. The van der Waals surface area contributed by atoms with E-state index in [-0.39, 0.29) is 5.91 Å². The molecule has 0 saturated heterocycles. The number of thiophene rings is 1. The second-order valence-corrected chi connectivity index (χ2v) is 7.45. The van der Waals surface area contributed by atoms with Crippen LogP contribution >= 0.6 is 23.1 Å². The maximum atomic E-state index is 12.2. The molecule has 3 aromatic rings. The van der Waals surface area contributed by atoms with Crippen LogP contribution in [-0.4, -0.2) is 11.7 Å². The number of benzene rings is 2. The molecular formula is C19H16N2OS2. The number of hydrogen-bond acceptors (Lipinski definition) is 4. The van der Waals surface area contributed by atoms with E-state index in [9.17, 15) is 4.79 Å². The van der Waals surface area contributed by atoms with E-state index >= 15 is 0 Å². The van der Waals surface area contributed by atoms with Crippen molar-refractivity contribution in [2.45, 2.75) is 18.2 Å². The molecule has 0 bridgehead atoms. The predicted octanol–water partition coefficient (Wildman–Crippen LogP) is 5.07. The molecule has 0 aliphatic heterocycles. The SMILES string of the molecule is CCc1cc(C#N)c(NC(=O)CSc2ccc3ccccc3c2)s1. The molecule has 1 heterocycles. The van der Waals surface area contributed by atoms with E-state index in [1.165, 1.54) is 33.9 Å². The van der Waals surface area contributed by atoms with Gasteiger partial charge in [-0.15, -0.1) is 23.1 Å². The van der Waals surface area contributed by atoms with Crippen molar-refractivity contribution in [3.05, 3.63) is 59.0 Å². The minimum atomic E-state index is -0.0887. The van der Waals surface area contributed by atoms with Gasteiger partial charge in [-0.1, -0.05) is 37.3 Å². The zero-order valence-corrected chi connectivity index (χ0v) is 14.8. The Hall–Kier alpha value is -2.29. The Morgan fingerprint density at radius 2 is 2.00 bits per heavy atom. The molecule has 0 aliphatic carbocycles. The van der Waals surface area contributed by atoms with Crippen LogP contribution < -0.4 is 5.32 Å². The van der Waals surface area contributed by atoms with Crippen LogP contribution in [0, 0.1) is 11.3 Å². The fourth-order valence-corrected chi connectivity index (χ4v) is 4.07. The molecule has 24 heavy (non-hydrogen) atoms. The fourth-order valence-electron chi connectivity index (χ4n) is 2.36. The average molecular weight is 352 g/mol. The molecule has 3 nitrogen and oxygen atoms in total. The third-order valence-electron chi connectivity index (χ3n) is 3.60. The first-order chi connectivity index (χ1) is 11.7. The molecule has 2 aromatic carbocycles. The molecular weight excluding hydrogens is 336 g/mol. The number of anilines is 1. The van der Waals surface area contributed by atoms with Gasteiger partial charge in [-0.05, 0) is 35.4 Å². The fraction of sp³-hybridized carbons (Fsp3) is 0.158.